The molecule has 3 heterocycles. The molecule has 0 bridgehead atoms. The van der Waals surface area contributed by atoms with Gasteiger partial charge in [0.2, 0.25) is 5.95 Å². The Morgan fingerprint density at radius 2 is 1.80 bits per heavy atom. The molecule has 0 unspecified atom stereocenters. The van der Waals surface area contributed by atoms with E-state index in [1.807, 2.05) is 13.1 Å². The Balaban J connectivity index is 1.39. The normalized spacial score (nSPS) is 18.9. The van der Waals surface area contributed by atoms with Crippen LogP contribution in [-0.2, 0) is 11.3 Å². The molecule has 10 heteroatoms. The topological polar surface area (TPSA) is 107 Å². The van der Waals surface area contributed by atoms with Crippen LogP contribution in [-0.4, -0.2) is 51.3 Å². The van der Waals surface area contributed by atoms with E-state index in [9.17, 15) is 0 Å². The zero-order valence-corrected chi connectivity index (χ0v) is 17.9. The monoisotopic (exact) mass is 427 g/mol. The fourth-order valence-corrected chi connectivity index (χ4v) is 4.11. The second kappa shape index (κ2) is 9.88. The Hall–Kier alpha value is -2.69. The van der Waals surface area contributed by atoms with Gasteiger partial charge in [-0.05, 0) is 38.8 Å². The molecule has 9 nitrogen and oxygen atoms in total. The molecule has 30 heavy (non-hydrogen) atoms. The van der Waals surface area contributed by atoms with Crippen LogP contribution in [0.3, 0.4) is 0 Å². The quantitative estimate of drug-likeness (QED) is 0.560. The molecule has 0 saturated heterocycles. The Labute approximate surface area is 179 Å². The van der Waals surface area contributed by atoms with Gasteiger partial charge in [0.05, 0.1) is 16.7 Å². The number of thiazole rings is 1. The summed E-state index contributed by atoms with van der Waals surface area (Å²) in [7, 11) is 3.65. The molecule has 158 valence electrons. The van der Waals surface area contributed by atoms with Gasteiger partial charge in [0, 0.05) is 44.0 Å². The number of ether oxygens (including phenoxy) is 2. The number of aromatic nitrogens is 5. The minimum absolute atomic E-state index is 0.133. The lowest BCUT2D eigenvalue weighted by Gasteiger charge is -2.27. The number of nitrogens with zero attached hydrogens (tertiary/aromatic N) is 5. The highest BCUT2D eigenvalue weighted by Crippen LogP contribution is 2.30. The molecule has 3 aromatic rings. The first-order valence-corrected chi connectivity index (χ1v) is 10.8. The predicted octanol–water partition coefficient (Wildman–Crippen LogP) is 3.19. The Morgan fingerprint density at radius 3 is 2.53 bits per heavy atom. The van der Waals surface area contributed by atoms with Crippen molar-refractivity contribution in [3.8, 4) is 16.6 Å². The molecule has 0 spiro atoms. The third-order valence-electron chi connectivity index (χ3n) is 4.92. The van der Waals surface area contributed by atoms with E-state index in [0.717, 1.165) is 48.4 Å². The van der Waals surface area contributed by atoms with E-state index in [1.54, 1.807) is 31.9 Å². The molecule has 2 N–H and O–H groups in total. The van der Waals surface area contributed by atoms with Crippen molar-refractivity contribution in [2.45, 2.75) is 44.4 Å². The minimum atomic E-state index is 0.133. The van der Waals surface area contributed by atoms with Crippen molar-refractivity contribution in [1.82, 2.24) is 30.2 Å². The van der Waals surface area contributed by atoms with Crippen LogP contribution in [0.5, 0.6) is 6.01 Å². The van der Waals surface area contributed by atoms with Crippen molar-refractivity contribution in [1.29, 1.82) is 0 Å². The molecule has 0 aromatic carbocycles. The van der Waals surface area contributed by atoms with Gasteiger partial charge < -0.3 is 20.1 Å². The van der Waals surface area contributed by atoms with E-state index in [2.05, 4.69) is 35.6 Å². The summed E-state index contributed by atoms with van der Waals surface area (Å²) in [6.07, 6.45) is 11.4. The number of rotatable bonds is 8. The first-order valence-electron chi connectivity index (χ1n) is 9.94. The van der Waals surface area contributed by atoms with E-state index < -0.39 is 0 Å². The van der Waals surface area contributed by atoms with E-state index in [4.69, 9.17) is 9.47 Å². The Kier molecular flexibility index (Phi) is 6.77. The van der Waals surface area contributed by atoms with Crippen molar-refractivity contribution >= 4 is 22.4 Å². The predicted molar refractivity (Wildman–Crippen MR) is 115 cm³/mol. The van der Waals surface area contributed by atoms with Gasteiger partial charge in [-0.3, -0.25) is 0 Å². The fourth-order valence-electron chi connectivity index (χ4n) is 3.33. The maximum Gasteiger partial charge on any atom is 0.317 e. The maximum atomic E-state index is 6.01. The Morgan fingerprint density at radius 1 is 1.03 bits per heavy atom. The molecular formula is C20H25N7O2S. The molecular weight excluding hydrogens is 402 g/mol. The highest BCUT2D eigenvalue weighted by molar-refractivity contribution is 7.18. The summed E-state index contributed by atoms with van der Waals surface area (Å²) in [6.45, 7) is 0.730. The Bertz CT molecular complexity index is 942. The van der Waals surface area contributed by atoms with E-state index >= 15 is 0 Å². The van der Waals surface area contributed by atoms with E-state index in [-0.39, 0.29) is 6.10 Å². The molecule has 0 amide bonds. The van der Waals surface area contributed by atoms with Gasteiger partial charge in [0.25, 0.3) is 0 Å². The second-order valence-corrected chi connectivity index (χ2v) is 8.11. The average Bonchev–Trinajstić information content (AvgIpc) is 3.25. The molecule has 1 saturated carbocycles. The van der Waals surface area contributed by atoms with Gasteiger partial charge in [-0.25, -0.2) is 19.9 Å². The largest absolute Gasteiger partial charge is 0.460 e. The third kappa shape index (κ3) is 5.26. The summed E-state index contributed by atoms with van der Waals surface area (Å²) in [4.78, 5) is 22.8. The molecule has 1 aliphatic carbocycles. The summed E-state index contributed by atoms with van der Waals surface area (Å²) >= 11 is 1.48. The standard InChI is InChI=1S/C20H25N7O2S/c1-21-9-13-10-23-18(24-11-13)27-20-25-12-17(30-20)16-7-8-22-19(26-16)29-15-5-3-14(28-2)4-6-15/h7-8,10-12,14-15,21H,3-6,9H2,1-2H3,(H,23,24,25,27). The molecule has 4 rings (SSSR count). The highest BCUT2D eigenvalue weighted by atomic mass is 32.1. The summed E-state index contributed by atoms with van der Waals surface area (Å²) in [6, 6.07) is 2.26. The number of hydrogen-bond acceptors (Lipinski definition) is 10. The minimum Gasteiger partial charge on any atom is -0.460 e. The summed E-state index contributed by atoms with van der Waals surface area (Å²) in [5.74, 6) is 0.508. The molecule has 0 atom stereocenters. The van der Waals surface area contributed by atoms with Crippen LogP contribution < -0.4 is 15.4 Å². The SMILES string of the molecule is CNCc1cnc(Nc2ncc(-c3ccnc(OC4CCC(OC)CC4)n3)s2)nc1. The van der Waals surface area contributed by atoms with Gasteiger partial charge in [0.1, 0.15) is 6.10 Å². The number of methoxy groups -OCH3 is 1. The zero-order valence-electron chi connectivity index (χ0n) is 17.0. The van der Waals surface area contributed by atoms with Crippen LogP contribution >= 0.6 is 11.3 Å². The highest BCUT2D eigenvalue weighted by Gasteiger charge is 2.23. The summed E-state index contributed by atoms with van der Waals surface area (Å²) in [5.41, 5.74) is 1.80. The van der Waals surface area contributed by atoms with Gasteiger partial charge in [-0.1, -0.05) is 11.3 Å². The number of hydrogen-bond donors (Lipinski definition) is 2. The van der Waals surface area contributed by atoms with E-state index in [0.29, 0.717) is 23.2 Å². The first kappa shape index (κ1) is 20.6. The van der Waals surface area contributed by atoms with Crippen molar-refractivity contribution in [2.24, 2.45) is 0 Å². The molecule has 3 aromatic heterocycles. The second-order valence-electron chi connectivity index (χ2n) is 7.08. The smallest absolute Gasteiger partial charge is 0.317 e. The van der Waals surface area contributed by atoms with Gasteiger partial charge in [-0.15, -0.1) is 0 Å². The zero-order chi connectivity index (χ0) is 20.8. The van der Waals surface area contributed by atoms with Crippen LogP contribution in [0, 0.1) is 0 Å². The lowest BCUT2D eigenvalue weighted by Crippen LogP contribution is -2.28. The van der Waals surface area contributed by atoms with Crippen LogP contribution in [0.4, 0.5) is 11.1 Å². The summed E-state index contributed by atoms with van der Waals surface area (Å²) in [5, 5.41) is 6.90. The third-order valence-corrected chi connectivity index (χ3v) is 5.86. The number of anilines is 2. The van der Waals surface area contributed by atoms with Crippen LogP contribution in [0.15, 0.2) is 30.9 Å². The van der Waals surface area contributed by atoms with Crippen LogP contribution in [0.1, 0.15) is 31.2 Å². The molecule has 0 radical (unpaired) electrons. The van der Waals surface area contributed by atoms with Gasteiger partial charge in [0.15, 0.2) is 5.13 Å². The molecule has 1 fully saturated rings. The number of nitrogens with one attached hydrogen (secondary N) is 2. The van der Waals surface area contributed by atoms with E-state index in [1.165, 1.54) is 11.3 Å². The molecule has 0 aliphatic heterocycles. The van der Waals surface area contributed by atoms with Gasteiger partial charge >= 0.3 is 6.01 Å². The first-order chi connectivity index (χ1) is 14.7. The average molecular weight is 428 g/mol. The van der Waals surface area contributed by atoms with Crippen molar-refractivity contribution in [3.63, 3.8) is 0 Å². The van der Waals surface area contributed by atoms with Crippen molar-refractivity contribution < 1.29 is 9.47 Å². The fraction of sp³-hybridized carbons (Fsp3) is 0.450. The lowest BCUT2D eigenvalue weighted by molar-refractivity contribution is 0.0300. The van der Waals surface area contributed by atoms with Crippen molar-refractivity contribution in [2.75, 3.05) is 19.5 Å². The van der Waals surface area contributed by atoms with Gasteiger partial charge in [-0.2, -0.15) is 4.98 Å². The van der Waals surface area contributed by atoms with Crippen LogP contribution in [0.2, 0.25) is 0 Å². The maximum absolute atomic E-state index is 6.01. The summed E-state index contributed by atoms with van der Waals surface area (Å²) < 4.78 is 11.4. The van der Waals surface area contributed by atoms with Crippen molar-refractivity contribution in [3.05, 3.63) is 36.4 Å². The van der Waals surface area contributed by atoms with Crippen LogP contribution in [0.25, 0.3) is 10.6 Å². The lowest BCUT2D eigenvalue weighted by atomic mass is 9.95. The molecule has 1 aliphatic rings.